The summed E-state index contributed by atoms with van der Waals surface area (Å²) in [5.41, 5.74) is 0.490. The molecule has 1 N–H and O–H groups in total. The fraction of sp³-hybridized carbons (Fsp3) is 0.550. The Morgan fingerprint density at radius 3 is 2.74 bits per heavy atom. The molecule has 1 unspecified atom stereocenters. The van der Waals surface area contributed by atoms with E-state index in [0.717, 1.165) is 37.2 Å². The Kier molecular flexibility index (Phi) is 5.66. The van der Waals surface area contributed by atoms with E-state index in [9.17, 15) is 9.18 Å². The van der Waals surface area contributed by atoms with Crippen molar-refractivity contribution in [2.45, 2.75) is 56.9 Å². The molecule has 2 aliphatic rings. The first-order valence-electron chi connectivity index (χ1n) is 9.84. The fourth-order valence-electron chi connectivity index (χ4n) is 4.02. The summed E-state index contributed by atoms with van der Waals surface area (Å²) in [7, 11) is 0. The lowest BCUT2D eigenvalue weighted by Gasteiger charge is -2.33. The molecule has 0 radical (unpaired) electrons. The Morgan fingerprint density at radius 1 is 1.11 bits per heavy atom. The normalized spacial score (nSPS) is 21.2. The van der Waals surface area contributed by atoms with E-state index in [1.165, 1.54) is 36.7 Å². The minimum absolute atomic E-state index is 0.0467. The van der Waals surface area contributed by atoms with Gasteiger partial charge in [-0.25, -0.2) is 9.18 Å². The van der Waals surface area contributed by atoms with Crippen LogP contribution < -0.4 is 5.32 Å². The van der Waals surface area contributed by atoms with Gasteiger partial charge in [0, 0.05) is 30.6 Å². The summed E-state index contributed by atoms with van der Waals surface area (Å²) in [5.74, 6) is -0.105. The Labute approximate surface area is 163 Å². The molecule has 27 heavy (non-hydrogen) atoms. The number of piperidine rings is 1. The number of benzene rings is 1. The predicted molar refractivity (Wildman–Crippen MR) is 104 cm³/mol. The van der Waals surface area contributed by atoms with E-state index >= 15 is 0 Å². The molecule has 0 spiro atoms. The van der Waals surface area contributed by atoms with Crippen molar-refractivity contribution in [3.63, 3.8) is 0 Å². The zero-order chi connectivity index (χ0) is 18.6. The number of aromatic nitrogens is 2. The van der Waals surface area contributed by atoms with Crippen molar-refractivity contribution in [2.24, 2.45) is 0 Å². The molecule has 5 nitrogen and oxygen atoms in total. The van der Waals surface area contributed by atoms with Crippen molar-refractivity contribution >= 4 is 17.4 Å². The Balaban J connectivity index is 1.41. The van der Waals surface area contributed by atoms with Crippen molar-refractivity contribution in [1.82, 2.24) is 20.4 Å². The highest BCUT2D eigenvalue weighted by atomic mass is 32.1. The monoisotopic (exact) mass is 388 g/mol. The average molecular weight is 389 g/mol. The standard InChI is InChI=1S/C20H25FN4OS/c21-17-11-5-4-10-16(17)19-24-23-18(27-19)14-7-6-12-25(13-14)20(26)22-15-8-2-1-3-9-15/h4-5,10-11,14-15H,1-3,6-9,12-13H2,(H,22,26). The van der Waals surface area contributed by atoms with Crippen LogP contribution in [0.5, 0.6) is 0 Å². The summed E-state index contributed by atoms with van der Waals surface area (Å²) in [6.45, 7) is 1.44. The Hall–Kier alpha value is -2.02. The lowest BCUT2D eigenvalue weighted by atomic mass is 9.95. The zero-order valence-electron chi connectivity index (χ0n) is 15.4. The molecule has 2 amide bonds. The SMILES string of the molecule is O=C(NC1CCCCC1)N1CCCC(c2nnc(-c3ccccc3F)s2)C1. The first-order chi connectivity index (χ1) is 13.2. The molecule has 1 saturated heterocycles. The van der Waals surface area contributed by atoms with Gasteiger partial charge in [-0.2, -0.15) is 0 Å². The number of halogens is 1. The molecule has 0 bridgehead atoms. The van der Waals surface area contributed by atoms with E-state index in [1.54, 1.807) is 18.2 Å². The van der Waals surface area contributed by atoms with E-state index in [0.29, 0.717) is 23.2 Å². The zero-order valence-corrected chi connectivity index (χ0v) is 16.2. The molecule has 144 valence electrons. The van der Waals surface area contributed by atoms with Gasteiger partial charge in [0.05, 0.1) is 0 Å². The van der Waals surface area contributed by atoms with Gasteiger partial charge >= 0.3 is 6.03 Å². The number of rotatable bonds is 3. The van der Waals surface area contributed by atoms with E-state index in [2.05, 4.69) is 15.5 Å². The molecule has 2 heterocycles. The van der Waals surface area contributed by atoms with Crippen LogP contribution in [0.4, 0.5) is 9.18 Å². The van der Waals surface area contributed by atoms with Crippen LogP contribution in [0.3, 0.4) is 0 Å². The molecule has 1 aliphatic carbocycles. The maximum atomic E-state index is 14.0. The van der Waals surface area contributed by atoms with E-state index in [4.69, 9.17) is 0 Å². The van der Waals surface area contributed by atoms with Gasteiger partial charge in [-0.05, 0) is 37.8 Å². The van der Waals surface area contributed by atoms with Gasteiger partial charge in [-0.3, -0.25) is 0 Å². The molecule has 2 fully saturated rings. The van der Waals surface area contributed by atoms with Gasteiger partial charge in [-0.1, -0.05) is 42.7 Å². The summed E-state index contributed by atoms with van der Waals surface area (Å²) in [5, 5.41) is 13.2. The van der Waals surface area contributed by atoms with Gasteiger partial charge in [0.2, 0.25) is 0 Å². The Morgan fingerprint density at radius 2 is 1.93 bits per heavy atom. The lowest BCUT2D eigenvalue weighted by molar-refractivity contribution is 0.172. The van der Waals surface area contributed by atoms with Crippen LogP contribution in [0.15, 0.2) is 24.3 Å². The highest BCUT2D eigenvalue weighted by molar-refractivity contribution is 7.14. The third-order valence-electron chi connectivity index (χ3n) is 5.54. The molecule has 1 aliphatic heterocycles. The quantitative estimate of drug-likeness (QED) is 0.838. The molecule has 1 saturated carbocycles. The van der Waals surface area contributed by atoms with Crippen LogP contribution in [0, 0.1) is 5.82 Å². The van der Waals surface area contributed by atoms with Crippen molar-refractivity contribution in [3.05, 3.63) is 35.1 Å². The largest absolute Gasteiger partial charge is 0.335 e. The Bertz CT molecular complexity index is 790. The van der Waals surface area contributed by atoms with Crippen LogP contribution in [0.25, 0.3) is 10.6 Å². The second-order valence-corrected chi connectivity index (χ2v) is 8.50. The van der Waals surface area contributed by atoms with Crippen LogP contribution in [-0.4, -0.2) is 40.3 Å². The van der Waals surface area contributed by atoms with Crippen molar-refractivity contribution in [2.75, 3.05) is 13.1 Å². The van der Waals surface area contributed by atoms with Crippen LogP contribution in [0.2, 0.25) is 0 Å². The van der Waals surface area contributed by atoms with Gasteiger partial charge < -0.3 is 10.2 Å². The molecule has 1 atom stereocenters. The minimum Gasteiger partial charge on any atom is -0.335 e. The number of amides is 2. The maximum absolute atomic E-state index is 14.0. The predicted octanol–water partition coefficient (Wildman–Crippen LogP) is 4.57. The topological polar surface area (TPSA) is 58.1 Å². The summed E-state index contributed by atoms with van der Waals surface area (Å²) >= 11 is 1.44. The number of carbonyl (C=O) groups excluding carboxylic acids is 1. The third-order valence-corrected chi connectivity index (χ3v) is 6.65. The number of likely N-dealkylation sites (tertiary alicyclic amines) is 1. The maximum Gasteiger partial charge on any atom is 0.317 e. The summed E-state index contributed by atoms with van der Waals surface area (Å²) in [6, 6.07) is 7.01. The van der Waals surface area contributed by atoms with Crippen molar-refractivity contribution < 1.29 is 9.18 Å². The van der Waals surface area contributed by atoms with E-state index in [-0.39, 0.29) is 17.8 Å². The number of hydrogen-bond donors (Lipinski definition) is 1. The summed E-state index contributed by atoms with van der Waals surface area (Å²) in [6.07, 6.45) is 7.81. The number of nitrogens with zero attached hydrogens (tertiary/aromatic N) is 3. The molecule has 4 rings (SSSR count). The van der Waals surface area contributed by atoms with Gasteiger partial charge in [0.15, 0.2) is 5.01 Å². The van der Waals surface area contributed by atoms with Crippen LogP contribution >= 0.6 is 11.3 Å². The van der Waals surface area contributed by atoms with Gasteiger partial charge in [-0.15, -0.1) is 10.2 Å². The number of nitrogens with one attached hydrogen (secondary N) is 1. The molecule has 2 aromatic rings. The van der Waals surface area contributed by atoms with Gasteiger partial charge in [0.1, 0.15) is 10.8 Å². The first-order valence-corrected chi connectivity index (χ1v) is 10.7. The lowest BCUT2D eigenvalue weighted by Crippen LogP contribution is -2.48. The third kappa shape index (κ3) is 4.29. The fourth-order valence-corrected chi connectivity index (χ4v) is 5.02. The van der Waals surface area contributed by atoms with Crippen LogP contribution in [-0.2, 0) is 0 Å². The van der Waals surface area contributed by atoms with Crippen molar-refractivity contribution in [3.8, 4) is 10.6 Å². The smallest absolute Gasteiger partial charge is 0.317 e. The molecular weight excluding hydrogens is 363 g/mol. The average Bonchev–Trinajstić information content (AvgIpc) is 3.19. The van der Waals surface area contributed by atoms with E-state index < -0.39 is 0 Å². The molecule has 1 aromatic carbocycles. The second kappa shape index (κ2) is 8.33. The van der Waals surface area contributed by atoms with Gasteiger partial charge in [0.25, 0.3) is 0 Å². The highest BCUT2D eigenvalue weighted by Gasteiger charge is 2.28. The summed E-state index contributed by atoms with van der Waals surface area (Å²) in [4.78, 5) is 14.6. The second-order valence-electron chi connectivity index (χ2n) is 7.49. The molecular formula is C20H25FN4OS. The van der Waals surface area contributed by atoms with Crippen molar-refractivity contribution in [1.29, 1.82) is 0 Å². The number of hydrogen-bond acceptors (Lipinski definition) is 4. The number of urea groups is 1. The van der Waals surface area contributed by atoms with E-state index in [1.807, 2.05) is 4.90 Å². The molecule has 1 aromatic heterocycles. The first kappa shape index (κ1) is 18.3. The summed E-state index contributed by atoms with van der Waals surface area (Å²) < 4.78 is 14.0. The molecule has 7 heteroatoms. The highest BCUT2D eigenvalue weighted by Crippen LogP contribution is 2.33. The minimum atomic E-state index is -0.280. The number of carbonyl (C=O) groups is 1. The van der Waals surface area contributed by atoms with Crippen LogP contribution in [0.1, 0.15) is 55.9 Å².